The van der Waals surface area contributed by atoms with E-state index in [1.54, 1.807) is 16.4 Å². The summed E-state index contributed by atoms with van der Waals surface area (Å²) in [5, 5.41) is 2.51. The maximum Gasteiger partial charge on any atom is 0.426 e. The summed E-state index contributed by atoms with van der Waals surface area (Å²) < 4.78 is 6.18. The van der Waals surface area contributed by atoms with Gasteiger partial charge in [-0.15, -0.1) is 11.8 Å². The van der Waals surface area contributed by atoms with Crippen LogP contribution in [0.2, 0.25) is 0 Å². The highest BCUT2D eigenvalue weighted by Crippen LogP contribution is 2.15. The van der Waals surface area contributed by atoms with E-state index in [1.807, 2.05) is 18.2 Å². The number of H-pyrrole nitrogens is 1. The molecule has 0 saturated carbocycles. The molecule has 0 spiro atoms. The SMILES string of the molecule is O=c1c[n+](CCSc2ccccc2)[nH]o1. The average Bonchev–Trinajstić information content (AvgIpc) is 2.66. The van der Waals surface area contributed by atoms with E-state index >= 15 is 0 Å². The molecule has 78 valence electrons. The number of aromatic nitrogens is 2. The molecule has 0 atom stereocenters. The largest absolute Gasteiger partial charge is 0.426 e. The third-order valence-corrected chi connectivity index (χ3v) is 2.86. The van der Waals surface area contributed by atoms with Crippen LogP contribution in [0, 0.1) is 0 Å². The lowest BCUT2D eigenvalue weighted by atomic mass is 10.4. The molecule has 0 aliphatic rings. The number of benzene rings is 1. The number of thioether (sulfide) groups is 1. The molecule has 4 nitrogen and oxygen atoms in total. The molecule has 15 heavy (non-hydrogen) atoms. The fourth-order valence-electron chi connectivity index (χ4n) is 1.17. The zero-order valence-electron chi connectivity index (χ0n) is 8.05. The zero-order chi connectivity index (χ0) is 10.5. The predicted molar refractivity (Wildman–Crippen MR) is 56.7 cm³/mol. The molecule has 0 unspecified atom stereocenters. The summed E-state index contributed by atoms with van der Waals surface area (Å²) >= 11 is 1.74. The lowest BCUT2D eigenvalue weighted by molar-refractivity contribution is -0.758. The fraction of sp³-hybridized carbons (Fsp3) is 0.200. The smallest absolute Gasteiger partial charge is 0.284 e. The Kier molecular flexibility index (Phi) is 3.24. The van der Waals surface area contributed by atoms with Crippen molar-refractivity contribution in [2.24, 2.45) is 0 Å². The van der Waals surface area contributed by atoms with Crippen molar-refractivity contribution in [3.8, 4) is 0 Å². The van der Waals surface area contributed by atoms with Gasteiger partial charge in [0.2, 0.25) is 0 Å². The summed E-state index contributed by atoms with van der Waals surface area (Å²) in [7, 11) is 0. The second-order valence-corrected chi connectivity index (χ2v) is 4.16. The highest BCUT2D eigenvalue weighted by atomic mass is 32.2. The molecule has 0 radical (unpaired) electrons. The van der Waals surface area contributed by atoms with Gasteiger partial charge in [-0.25, -0.2) is 4.79 Å². The molecule has 0 amide bonds. The van der Waals surface area contributed by atoms with Crippen LogP contribution in [0.25, 0.3) is 0 Å². The Morgan fingerprint density at radius 3 is 2.80 bits per heavy atom. The van der Waals surface area contributed by atoms with Crippen molar-refractivity contribution < 1.29 is 9.20 Å². The predicted octanol–water partition coefficient (Wildman–Crippen LogP) is 1.05. The third-order valence-electron chi connectivity index (χ3n) is 1.87. The Bertz CT molecular complexity index is 464. The van der Waals surface area contributed by atoms with Crippen LogP contribution in [-0.4, -0.2) is 11.0 Å². The second-order valence-electron chi connectivity index (χ2n) is 3.00. The van der Waals surface area contributed by atoms with E-state index < -0.39 is 0 Å². The van der Waals surface area contributed by atoms with Gasteiger partial charge in [0.15, 0.2) is 6.54 Å². The Balaban J connectivity index is 1.83. The van der Waals surface area contributed by atoms with E-state index in [9.17, 15) is 4.79 Å². The van der Waals surface area contributed by atoms with Crippen molar-refractivity contribution in [3.05, 3.63) is 46.9 Å². The first-order valence-electron chi connectivity index (χ1n) is 4.60. The number of rotatable bonds is 4. The minimum absolute atomic E-state index is 0.347. The minimum atomic E-state index is -0.347. The van der Waals surface area contributed by atoms with Crippen molar-refractivity contribution in [2.75, 3.05) is 5.75 Å². The Morgan fingerprint density at radius 2 is 2.13 bits per heavy atom. The highest BCUT2D eigenvalue weighted by Gasteiger charge is 2.04. The first-order valence-corrected chi connectivity index (χ1v) is 5.59. The van der Waals surface area contributed by atoms with Gasteiger partial charge in [-0.1, -0.05) is 22.9 Å². The lowest BCUT2D eigenvalue weighted by Crippen LogP contribution is -2.36. The highest BCUT2D eigenvalue weighted by molar-refractivity contribution is 7.99. The quantitative estimate of drug-likeness (QED) is 0.622. The number of hydrogen-bond acceptors (Lipinski definition) is 3. The summed E-state index contributed by atoms with van der Waals surface area (Å²) in [5.74, 6) is 0.893. The summed E-state index contributed by atoms with van der Waals surface area (Å²) in [6, 6.07) is 10.1. The van der Waals surface area contributed by atoms with E-state index in [1.165, 1.54) is 11.1 Å². The van der Waals surface area contributed by atoms with Gasteiger partial charge in [0.25, 0.3) is 6.20 Å². The van der Waals surface area contributed by atoms with E-state index in [0.29, 0.717) is 0 Å². The zero-order valence-corrected chi connectivity index (χ0v) is 8.87. The van der Waals surface area contributed by atoms with Crippen molar-refractivity contribution in [1.29, 1.82) is 0 Å². The van der Waals surface area contributed by atoms with Crippen molar-refractivity contribution in [3.63, 3.8) is 0 Å². The topological polar surface area (TPSA) is 49.9 Å². The van der Waals surface area contributed by atoms with Crippen LogP contribution in [0.15, 0.2) is 50.7 Å². The van der Waals surface area contributed by atoms with Gasteiger partial charge in [0.1, 0.15) is 0 Å². The summed E-state index contributed by atoms with van der Waals surface area (Å²) in [6.45, 7) is 0.727. The molecule has 1 aromatic carbocycles. The Hall–Kier alpha value is -1.49. The van der Waals surface area contributed by atoms with E-state index in [2.05, 4.69) is 21.9 Å². The molecule has 2 aromatic rings. The van der Waals surface area contributed by atoms with Crippen LogP contribution in [0.1, 0.15) is 0 Å². The molecule has 1 N–H and O–H groups in total. The summed E-state index contributed by atoms with van der Waals surface area (Å²) in [5.41, 5.74) is -0.347. The van der Waals surface area contributed by atoms with Gasteiger partial charge in [-0.3, -0.25) is 4.52 Å². The number of aryl methyl sites for hydroxylation is 1. The third kappa shape index (κ3) is 2.99. The van der Waals surface area contributed by atoms with Crippen LogP contribution < -0.4 is 10.3 Å². The normalized spacial score (nSPS) is 10.4. The molecule has 0 aliphatic carbocycles. The van der Waals surface area contributed by atoms with Gasteiger partial charge < -0.3 is 0 Å². The van der Waals surface area contributed by atoms with Crippen LogP contribution in [-0.2, 0) is 6.54 Å². The average molecular weight is 223 g/mol. The van der Waals surface area contributed by atoms with Gasteiger partial charge in [0.05, 0.1) is 5.75 Å². The van der Waals surface area contributed by atoms with Crippen molar-refractivity contribution in [2.45, 2.75) is 11.4 Å². The van der Waals surface area contributed by atoms with Crippen LogP contribution in [0.3, 0.4) is 0 Å². The summed E-state index contributed by atoms with van der Waals surface area (Å²) in [6.07, 6.45) is 1.41. The maximum atomic E-state index is 10.7. The molecule has 1 heterocycles. The molecular weight excluding hydrogens is 212 g/mol. The lowest BCUT2D eigenvalue weighted by Gasteiger charge is -1.96. The van der Waals surface area contributed by atoms with Crippen LogP contribution in [0.5, 0.6) is 0 Å². The Labute approximate surface area is 90.9 Å². The Morgan fingerprint density at radius 1 is 1.33 bits per heavy atom. The number of aromatic amines is 1. The number of nitrogens with one attached hydrogen (secondary N) is 1. The van der Waals surface area contributed by atoms with Gasteiger partial charge in [-0.2, -0.15) is 0 Å². The number of hydrogen-bond donors (Lipinski definition) is 1. The minimum Gasteiger partial charge on any atom is -0.284 e. The van der Waals surface area contributed by atoms with Gasteiger partial charge in [0, 0.05) is 4.90 Å². The van der Waals surface area contributed by atoms with E-state index in [4.69, 9.17) is 0 Å². The fourth-order valence-corrected chi connectivity index (χ4v) is 2.05. The van der Waals surface area contributed by atoms with E-state index in [-0.39, 0.29) is 5.63 Å². The molecular formula is C10H11N2O2S+. The molecule has 0 aliphatic heterocycles. The van der Waals surface area contributed by atoms with E-state index in [0.717, 1.165) is 12.3 Å². The first kappa shape index (κ1) is 10.0. The number of nitrogens with zero attached hydrogens (tertiary/aromatic N) is 1. The molecule has 0 saturated heterocycles. The molecule has 0 bridgehead atoms. The first-order chi connectivity index (χ1) is 7.34. The van der Waals surface area contributed by atoms with Crippen molar-refractivity contribution in [1.82, 2.24) is 5.27 Å². The monoisotopic (exact) mass is 223 g/mol. The van der Waals surface area contributed by atoms with Crippen molar-refractivity contribution >= 4 is 11.8 Å². The summed E-state index contributed by atoms with van der Waals surface area (Å²) in [4.78, 5) is 11.9. The van der Waals surface area contributed by atoms with Gasteiger partial charge in [-0.05, 0) is 17.4 Å². The molecule has 2 rings (SSSR count). The molecule has 1 aromatic heterocycles. The van der Waals surface area contributed by atoms with Gasteiger partial charge >= 0.3 is 5.63 Å². The molecule has 5 heteroatoms. The van der Waals surface area contributed by atoms with Crippen LogP contribution >= 0.6 is 11.8 Å². The maximum absolute atomic E-state index is 10.7. The standard InChI is InChI=1S/C10H10N2O2S/c13-10-8-12(11-14-10)6-7-15-9-4-2-1-3-5-9/h1-5,8H,6-7H2/p+1. The second kappa shape index (κ2) is 4.84. The van der Waals surface area contributed by atoms with Crippen LogP contribution in [0.4, 0.5) is 0 Å². The molecule has 0 fully saturated rings.